The van der Waals surface area contributed by atoms with Gasteiger partial charge >= 0.3 is 0 Å². The van der Waals surface area contributed by atoms with Crippen molar-refractivity contribution in [1.29, 1.82) is 0 Å². The van der Waals surface area contributed by atoms with E-state index in [-0.39, 0.29) is 16.8 Å². The predicted molar refractivity (Wildman–Crippen MR) is 107 cm³/mol. The fourth-order valence-corrected chi connectivity index (χ4v) is 2.94. The number of carbonyl (C=O) groups is 1. The molecule has 0 spiro atoms. The first kappa shape index (κ1) is 18.6. The van der Waals surface area contributed by atoms with E-state index < -0.39 is 17.5 Å². The topological polar surface area (TPSA) is 54.6 Å². The van der Waals surface area contributed by atoms with Gasteiger partial charge < -0.3 is 9.73 Å². The maximum Gasteiger partial charge on any atom is 0.261 e. The molecule has 0 aliphatic heterocycles. The van der Waals surface area contributed by atoms with Gasteiger partial charge in [-0.2, -0.15) is 0 Å². The maximum absolute atomic E-state index is 13.6. The number of anilines is 1. The van der Waals surface area contributed by atoms with Crippen molar-refractivity contribution in [2.45, 2.75) is 6.92 Å². The fourth-order valence-electron chi connectivity index (χ4n) is 2.94. The zero-order valence-electron chi connectivity index (χ0n) is 15.4. The van der Waals surface area contributed by atoms with Crippen LogP contribution in [-0.4, -0.2) is 5.91 Å². The summed E-state index contributed by atoms with van der Waals surface area (Å²) in [6, 6.07) is 19.0. The minimum atomic E-state index is -0.768. The second kappa shape index (κ2) is 7.67. The molecule has 1 aromatic heterocycles. The highest BCUT2D eigenvalue weighted by molar-refractivity contribution is 6.05. The van der Waals surface area contributed by atoms with Crippen molar-refractivity contribution < 1.29 is 18.0 Å². The Labute approximate surface area is 165 Å². The van der Waals surface area contributed by atoms with Gasteiger partial charge in [-0.3, -0.25) is 4.79 Å². The average molecular weight is 390 g/mol. The third-order valence-corrected chi connectivity index (χ3v) is 4.37. The van der Waals surface area contributed by atoms with Crippen LogP contribution in [0.4, 0.5) is 20.2 Å². The first-order valence-corrected chi connectivity index (χ1v) is 8.90. The number of hydrogen-bond donors (Lipinski definition) is 1. The first-order valence-electron chi connectivity index (χ1n) is 8.90. The van der Waals surface area contributed by atoms with E-state index in [1.807, 2.05) is 31.2 Å². The highest BCUT2D eigenvalue weighted by atomic mass is 19.1. The molecule has 0 saturated carbocycles. The van der Waals surface area contributed by atoms with Gasteiger partial charge in [-0.15, -0.1) is 0 Å². The van der Waals surface area contributed by atoms with Gasteiger partial charge in [-0.05, 0) is 42.8 Å². The van der Waals surface area contributed by atoms with E-state index in [0.29, 0.717) is 16.7 Å². The van der Waals surface area contributed by atoms with E-state index in [9.17, 15) is 13.6 Å². The van der Waals surface area contributed by atoms with Crippen LogP contribution < -0.4 is 10.9 Å². The molecule has 6 heteroatoms. The molecule has 4 nitrogen and oxygen atoms in total. The molecule has 0 aliphatic rings. The van der Waals surface area contributed by atoms with Crippen molar-refractivity contribution in [3.05, 3.63) is 101 Å². The molecule has 3 aromatic carbocycles. The molecule has 0 saturated heterocycles. The molecular formula is C23H16F2N2O2. The molecule has 29 heavy (non-hydrogen) atoms. The number of para-hydroxylation sites is 2. The lowest BCUT2D eigenvalue weighted by atomic mass is 10.1. The molecule has 4 aromatic rings. The van der Waals surface area contributed by atoms with E-state index in [4.69, 9.17) is 4.42 Å². The van der Waals surface area contributed by atoms with Crippen LogP contribution in [-0.2, 0) is 0 Å². The second-order valence-corrected chi connectivity index (χ2v) is 6.51. The Morgan fingerprint density at radius 1 is 0.931 bits per heavy atom. The van der Waals surface area contributed by atoms with Crippen LogP contribution in [0.1, 0.15) is 15.9 Å². The number of aryl methyl sites for hydroxylation is 1. The quantitative estimate of drug-likeness (QED) is 0.502. The minimum Gasteiger partial charge on any atom is -0.438 e. The van der Waals surface area contributed by atoms with Gasteiger partial charge in [0.25, 0.3) is 5.91 Å². The number of nitrogens with one attached hydrogen (secondary N) is 1. The second-order valence-electron chi connectivity index (χ2n) is 6.51. The van der Waals surface area contributed by atoms with Crippen molar-refractivity contribution >= 4 is 28.3 Å². The van der Waals surface area contributed by atoms with E-state index >= 15 is 0 Å². The lowest BCUT2D eigenvalue weighted by Crippen LogP contribution is -2.22. The van der Waals surface area contributed by atoms with Gasteiger partial charge in [-0.25, -0.2) is 13.8 Å². The van der Waals surface area contributed by atoms with Crippen LogP contribution in [0.3, 0.4) is 0 Å². The summed E-state index contributed by atoms with van der Waals surface area (Å²) in [6.07, 6.45) is 0. The summed E-state index contributed by atoms with van der Waals surface area (Å²) in [4.78, 5) is 17.2. The highest BCUT2D eigenvalue weighted by Crippen LogP contribution is 2.19. The van der Waals surface area contributed by atoms with Crippen LogP contribution in [0.15, 0.2) is 82.2 Å². The summed E-state index contributed by atoms with van der Waals surface area (Å²) in [5.41, 5.74) is 2.15. The number of benzene rings is 3. The van der Waals surface area contributed by atoms with Crippen molar-refractivity contribution in [2.24, 2.45) is 4.99 Å². The van der Waals surface area contributed by atoms with Gasteiger partial charge in [0.05, 0.1) is 5.69 Å². The number of nitrogens with zero attached hydrogens (tertiary/aromatic N) is 1. The SMILES string of the molecule is Cc1ccccc1NC(=O)c1cc2ccccc2oc1=Nc1cc(F)cc(F)c1. The minimum absolute atomic E-state index is 0.00599. The zero-order valence-corrected chi connectivity index (χ0v) is 15.4. The molecule has 0 unspecified atom stereocenters. The number of carbonyl (C=O) groups excluding carboxylic acids is 1. The smallest absolute Gasteiger partial charge is 0.261 e. The monoisotopic (exact) mass is 390 g/mol. The van der Waals surface area contributed by atoms with E-state index in [1.165, 1.54) is 0 Å². The molecule has 4 rings (SSSR count). The van der Waals surface area contributed by atoms with Gasteiger partial charge in [0.15, 0.2) is 0 Å². The van der Waals surface area contributed by atoms with E-state index in [2.05, 4.69) is 10.3 Å². The third-order valence-electron chi connectivity index (χ3n) is 4.37. The number of hydrogen-bond acceptors (Lipinski definition) is 3. The number of rotatable bonds is 3. The summed E-state index contributed by atoms with van der Waals surface area (Å²) in [5, 5.41) is 3.53. The Balaban J connectivity index is 1.87. The number of fused-ring (bicyclic) bond motifs is 1. The molecule has 0 radical (unpaired) electrons. The molecule has 0 bridgehead atoms. The molecule has 1 N–H and O–H groups in total. The molecule has 0 atom stereocenters. The Kier molecular flexibility index (Phi) is 4.91. The molecule has 0 aliphatic carbocycles. The summed E-state index contributed by atoms with van der Waals surface area (Å²) in [6.45, 7) is 1.88. The van der Waals surface area contributed by atoms with Crippen LogP contribution in [0.25, 0.3) is 11.0 Å². The normalized spacial score (nSPS) is 11.6. The van der Waals surface area contributed by atoms with Gasteiger partial charge in [0, 0.05) is 17.1 Å². The van der Waals surface area contributed by atoms with Crippen molar-refractivity contribution in [2.75, 3.05) is 5.32 Å². The zero-order chi connectivity index (χ0) is 20.4. The highest BCUT2D eigenvalue weighted by Gasteiger charge is 2.14. The maximum atomic E-state index is 13.6. The fraction of sp³-hybridized carbons (Fsp3) is 0.0435. The number of halogens is 2. The Morgan fingerprint density at radius 2 is 1.62 bits per heavy atom. The predicted octanol–water partition coefficient (Wildman–Crippen LogP) is 5.50. The van der Waals surface area contributed by atoms with Gasteiger partial charge in [0.1, 0.15) is 22.8 Å². The van der Waals surface area contributed by atoms with Crippen LogP contribution in [0.2, 0.25) is 0 Å². The van der Waals surface area contributed by atoms with E-state index in [1.54, 1.807) is 30.3 Å². The third kappa shape index (κ3) is 4.06. The Morgan fingerprint density at radius 3 is 2.38 bits per heavy atom. The molecule has 1 heterocycles. The van der Waals surface area contributed by atoms with E-state index in [0.717, 1.165) is 23.8 Å². The summed E-state index contributed by atoms with van der Waals surface area (Å²) in [7, 11) is 0. The molecule has 0 fully saturated rings. The largest absolute Gasteiger partial charge is 0.438 e. The first-order chi connectivity index (χ1) is 14.0. The molecular weight excluding hydrogens is 374 g/mol. The average Bonchev–Trinajstić information content (AvgIpc) is 2.68. The lowest BCUT2D eigenvalue weighted by Gasteiger charge is -2.09. The van der Waals surface area contributed by atoms with Crippen LogP contribution in [0.5, 0.6) is 0 Å². The standard InChI is InChI=1S/C23H16F2N2O2/c1-14-6-2-4-8-20(14)27-22(28)19-10-15-7-3-5-9-21(15)29-23(19)26-18-12-16(24)11-17(25)13-18/h2-13H,1H3,(H,27,28). The van der Waals surface area contributed by atoms with Gasteiger partial charge in [-0.1, -0.05) is 36.4 Å². The summed E-state index contributed by atoms with van der Waals surface area (Å²) in [5.74, 6) is -1.98. The summed E-state index contributed by atoms with van der Waals surface area (Å²) >= 11 is 0. The molecule has 144 valence electrons. The Hall–Kier alpha value is -3.80. The van der Waals surface area contributed by atoms with Gasteiger partial charge in [0.2, 0.25) is 5.55 Å². The van der Waals surface area contributed by atoms with Crippen molar-refractivity contribution in [3.8, 4) is 0 Å². The Bertz CT molecular complexity index is 1280. The molecule has 1 amide bonds. The number of amides is 1. The summed E-state index contributed by atoms with van der Waals surface area (Å²) < 4.78 is 32.9. The van der Waals surface area contributed by atoms with Crippen LogP contribution in [0, 0.1) is 18.6 Å². The lowest BCUT2D eigenvalue weighted by molar-refractivity contribution is 0.102. The van der Waals surface area contributed by atoms with Crippen molar-refractivity contribution in [3.63, 3.8) is 0 Å². The van der Waals surface area contributed by atoms with Crippen molar-refractivity contribution in [1.82, 2.24) is 0 Å². The van der Waals surface area contributed by atoms with Crippen LogP contribution >= 0.6 is 0 Å².